The van der Waals surface area contributed by atoms with Gasteiger partial charge in [0.05, 0.1) is 11.5 Å². The first-order valence-corrected chi connectivity index (χ1v) is 12.8. The summed E-state index contributed by atoms with van der Waals surface area (Å²) in [5.41, 5.74) is -1.88. The summed E-state index contributed by atoms with van der Waals surface area (Å²) in [6, 6.07) is -0.915. The number of hydrogen-bond donors (Lipinski definition) is 0. The highest BCUT2D eigenvalue weighted by molar-refractivity contribution is 8.14. The number of alkyl halides is 2. The SMILES string of the molecule is CCC(=O)O[C@@H]1[C@H](C)C[C@H]2[C@@H]3C[C@H](F)C4=CC(=O)C=C(C(=O)SCF)[C@]4(C)[C@@]34O[C@H]4C[C@]12C. The number of thioether (sulfide) groups is 1. The second-order valence-corrected chi connectivity index (χ2v) is 11.6. The number of rotatable bonds is 4. The molecule has 5 aliphatic rings. The smallest absolute Gasteiger partial charge is 0.305 e. The van der Waals surface area contributed by atoms with Gasteiger partial charge >= 0.3 is 5.97 Å². The Morgan fingerprint density at radius 3 is 2.64 bits per heavy atom. The van der Waals surface area contributed by atoms with E-state index in [1.165, 1.54) is 12.2 Å². The average Bonchev–Trinajstić information content (AvgIpc) is 3.43. The van der Waals surface area contributed by atoms with E-state index in [1.807, 2.05) is 0 Å². The van der Waals surface area contributed by atoms with Crippen LogP contribution in [0.5, 0.6) is 0 Å². The molecule has 4 fully saturated rings. The van der Waals surface area contributed by atoms with Gasteiger partial charge < -0.3 is 9.47 Å². The maximum absolute atomic E-state index is 15.8. The second kappa shape index (κ2) is 7.48. The summed E-state index contributed by atoms with van der Waals surface area (Å²) in [4.78, 5) is 37.5. The first kappa shape index (κ1) is 23.2. The van der Waals surface area contributed by atoms with Gasteiger partial charge in [0.2, 0.25) is 5.12 Å². The van der Waals surface area contributed by atoms with Crippen LogP contribution in [-0.4, -0.2) is 46.9 Å². The van der Waals surface area contributed by atoms with Crippen molar-refractivity contribution in [2.45, 2.75) is 77.4 Å². The van der Waals surface area contributed by atoms with Gasteiger partial charge in [-0.3, -0.25) is 14.4 Å². The van der Waals surface area contributed by atoms with E-state index in [-0.39, 0.29) is 58.9 Å². The van der Waals surface area contributed by atoms with Crippen molar-refractivity contribution in [1.82, 2.24) is 0 Å². The van der Waals surface area contributed by atoms with Crippen LogP contribution >= 0.6 is 11.8 Å². The molecule has 180 valence electrons. The molecule has 1 heterocycles. The molecule has 1 saturated heterocycles. The largest absolute Gasteiger partial charge is 0.461 e. The van der Waals surface area contributed by atoms with Gasteiger partial charge in [0.25, 0.3) is 0 Å². The third kappa shape index (κ3) is 2.89. The Morgan fingerprint density at radius 2 is 1.97 bits per heavy atom. The minimum absolute atomic E-state index is 0.0420. The molecule has 33 heavy (non-hydrogen) atoms. The first-order valence-electron chi connectivity index (χ1n) is 11.8. The van der Waals surface area contributed by atoms with Crippen molar-refractivity contribution in [1.29, 1.82) is 0 Å². The van der Waals surface area contributed by atoms with Crippen molar-refractivity contribution in [3.05, 3.63) is 23.3 Å². The molecule has 0 aromatic carbocycles. The number of fused-ring (bicyclic) bond motifs is 3. The molecule has 0 aromatic rings. The van der Waals surface area contributed by atoms with Crippen LogP contribution in [0.15, 0.2) is 23.3 Å². The van der Waals surface area contributed by atoms with Crippen molar-refractivity contribution in [2.24, 2.45) is 28.6 Å². The summed E-state index contributed by atoms with van der Waals surface area (Å²) in [7, 11) is 0. The summed E-state index contributed by atoms with van der Waals surface area (Å²) in [5.74, 6) is -0.719. The Kier molecular flexibility index (Phi) is 5.26. The molecule has 0 aromatic heterocycles. The van der Waals surface area contributed by atoms with E-state index in [2.05, 4.69) is 13.8 Å². The number of ether oxygens (including phenoxy) is 2. The lowest BCUT2D eigenvalue weighted by atomic mass is 9.46. The second-order valence-electron chi connectivity index (χ2n) is 10.7. The number of epoxide rings is 1. The third-order valence-electron chi connectivity index (χ3n) is 9.29. The fourth-order valence-electron chi connectivity index (χ4n) is 7.95. The Bertz CT molecular complexity index is 993. The fraction of sp³-hybridized carbons (Fsp3) is 0.720. The van der Waals surface area contributed by atoms with Crippen LogP contribution in [0.25, 0.3) is 0 Å². The van der Waals surface area contributed by atoms with Crippen LogP contribution in [0.2, 0.25) is 0 Å². The predicted molar refractivity (Wildman–Crippen MR) is 119 cm³/mol. The number of allylic oxidation sites excluding steroid dienone is 2. The van der Waals surface area contributed by atoms with Gasteiger partial charge in [0.1, 0.15) is 23.9 Å². The van der Waals surface area contributed by atoms with Gasteiger partial charge in [-0.05, 0) is 73.4 Å². The summed E-state index contributed by atoms with van der Waals surface area (Å²) >= 11 is 0.492. The lowest BCUT2D eigenvalue weighted by molar-refractivity contribution is -0.160. The standard InChI is InChI=1S/C25H30F2O5S/c1-5-20(29)31-21-12(2)6-14-15-9-18(27)16-7-13(28)8-17(22(30)33-11-26)24(16,4)25(15)19(32-25)10-23(14,21)3/h7-8,12,14-15,18-19,21H,5-6,9-11H2,1-4H3/t12-,14+,15+,18+,19+,21-,23+,24-,25-/m1/s1. The number of halogens is 2. The molecule has 1 spiro atoms. The summed E-state index contributed by atoms with van der Waals surface area (Å²) < 4.78 is 41.2. The Balaban J connectivity index is 1.58. The summed E-state index contributed by atoms with van der Waals surface area (Å²) in [6.07, 6.45) is 2.53. The first-order chi connectivity index (χ1) is 15.5. The van der Waals surface area contributed by atoms with E-state index in [4.69, 9.17) is 9.47 Å². The molecule has 0 radical (unpaired) electrons. The van der Waals surface area contributed by atoms with Crippen LogP contribution in [0, 0.1) is 28.6 Å². The number of ketones is 1. The van der Waals surface area contributed by atoms with E-state index >= 15 is 4.39 Å². The highest BCUT2D eigenvalue weighted by Gasteiger charge is 2.82. The van der Waals surface area contributed by atoms with E-state index in [0.29, 0.717) is 24.6 Å². The highest BCUT2D eigenvalue weighted by Crippen LogP contribution is 2.76. The average molecular weight is 481 g/mol. The zero-order valence-electron chi connectivity index (χ0n) is 19.4. The normalized spacial score (nSPS) is 47.4. The number of carbonyl (C=O) groups excluding carboxylic acids is 3. The number of carbonyl (C=O) groups is 3. The Morgan fingerprint density at radius 1 is 1.24 bits per heavy atom. The predicted octanol–water partition coefficient (Wildman–Crippen LogP) is 4.50. The van der Waals surface area contributed by atoms with Gasteiger partial charge in [-0.15, -0.1) is 0 Å². The minimum Gasteiger partial charge on any atom is -0.461 e. The number of hydrogen-bond acceptors (Lipinski definition) is 6. The quantitative estimate of drug-likeness (QED) is 0.436. The zero-order valence-corrected chi connectivity index (χ0v) is 20.2. The maximum atomic E-state index is 15.8. The topological polar surface area (TPSA) is 73.0 Å². The van der Waals surface area contributed by atoms with Crippen LogP contribution < -0.4 is 0 Å². The van der Waals surface area contributed by atoms with E-state index in [1.54, 1.807) is 13.8 Å². The van der Waals surface area contributed by atoms with Crippen LogP contribution in [0.4, 0.5) is 8.78 Å². The van der Waals surface area contributed by atoms with Crippen molar-refractivity contribution in [2.75, 3.05) is 6.01 Å². The zero-order chi connectivity index (χ0) is 23.9. The molecule has 0 unspecified atom stereocenters. The van der Waals surface area contributed by atoms with E-state index in [0.717, 1.165) is 6.42 Å². The molecule has 5 nitrogen and oxygen atoms in total. The van der Waals surface area contributed by atoms with E-state index < -0.39 is 34.1 Å². The summed E-state index contributed by atoms with van der Waals surface area (Å²) in [5, 5.41) is -0.543. The van der Waals surface area contributed by atoms with Gasteiger partial charge in [-0.1, -0.05) is 20.8 Å². The van der Waals surface area contributed by atoms with Gasteiger partial charge in [-0.2, -0.15) is 0 Å². The molecule has 3 saturated carbocycles. The molecule has 0 amide bonds. The molecular formula is C25H30F2O5S. The third-order valence-corrected chi connectivity index (χ3v) is 9.88. The molecule has 4 aliphatic carbocycles. The minimum atomic E-state index is -1.40. The fourth-order valence-corrected chi connectivity index (χ4v) is 8.47. The van der Waals surface area contributed by atoms with Crippen molar-refractivity contribution in [3.8, 4) is 0 Å². The van der Waals surface area contributed by atoms with Gasteiger partial charge in [0.15, 0.2) is 5.78 Å². The van der Waals surface area contributed by atoms with Crippen LogP contribution in [0.3, 0.4) is 0 Å². The maximum Gasteiger partial charge on any atom is 0.305 e. The lowest BCUT2D eigenvalue weighted by Crippen LogP contribution is -2.61. The Hall–Kier alpha value is -1.54. The molecule has 9 atom stereocenters. The van der Waals surface area contributed by atoms with Crippen LogP contribution in [-0.2, 0) is 23.9 Å². The highest BCUT2D eigenvalue weighted by atomic mass is 32.2. The van der Waals surface area contributed by atoms with Crippen molar-refractivity contribution >= 4 is 28.6 Å². The molecule has 1 aliphatic heterocycles. The molecule has 5 rings (SSSR count). The molecule has 0 bridgehead atoms. The Labute approximate surface area is 196 Å². The van der Waals surface area contributed by atoms with Gasteiger partial charge in [-0.25, -0.2) is 8.78 Å². The van der Waals surface area contributed by atoms with E-state index in [9.17, 15) is 18.8 Å². The summed E-state index contributed by atoms with van der Waals surface area (Å²) in [6.45, 7) is 7.76. The monoisotopic (exact) mass is 480 g/mol. The number of esters is 1. The molecule has 0 N–H and O–H groups in total. The van der Waals surface area contributed by atoms with Crippen molar-refractivity contribution in [3.63, 3.8) is 0 Å². The van der Waals surface area contributed by atoms with Crippen LogP contribution in [0.1, 0.15) is 53.4 Å². The molecular weight excluding hydrogens is 450 g/mol. The molecule has 8 heteroatoms. The van der Waals surface area contributed by atoms with Gasteiger partial charge in [0, 0.05) is 17.4 Å². The lowest BCUT2D eigenvalue weighted by Gasteiger charge is -2.56. The van der Waals surface area contributed by atoms with Crippen molar-refractivity contribution < 1.29 is 32.6 Å².